The second-order valence-electron chi connectivity index (χ2n) is 7.38. The van der Waals surface area contributed by atoms with Crippen molar-refractivity contribution in [3.63, 3.8) is 0 Å². The van der Waals surface area contributed by atoms with E-state index in [9.17, 15) is 4.79 Å². The number of aryl methyl sites for hydroxylation is 1. The number of carbonyl (C=O) groups is 1. The number of methoxy groups -OCH3 is 1. The monoisotopic (exact) mass is 392 g/mol. The molecule has 0 aliphatic carbocycles. The van der Waals surface area contributed by atoms with E-state index < -0.39 is 0 Å². The van der Waals surface area contributed by atoms with Crippen LogP contribution in [0.3, 0.4) is 0 Å². The van der Waals surface area contributed by atoms with Crippen LogP contribution in [-0.4, -0.2) is 19.7 Å². The van der Waals surface area contributed by atoms with Crippen molar-refractivity contribution in [3.05, 3.63) is 77.4 Å². The molecule has 0 amide bonds. The van der Waals surface area contributed by atoms with Crippen molar-refractivity contribution in [1.82, 2.24) is 0 Å². The molecule has 0 saturated heterocycles. The average Bonchev–Trinajstić information content (AvgIpc) is 2.73. The predicted molar refractivity (Wildman–Crippen MR) is 121 cm³/mol. The highest BCUT2D eigenvalue weighted by Crippen LogP contribution is 2.20. The molecule has 0 unspecified atom stereocenters. The van der Waals surface area contributed by atoms with E-state index in [4.69, 9.17) is 9.47 Å². The van der Waals surface area contributed by atoms with E-state index in [-0.39, 0.29) is 5.97 Å². The van der Waals surface area contributed by atoms with Crippen LogP contribution in [0.5, 0.6) is 5.75 Å². The van der Waals surface area contributed by atoms with Crippen molar-refractivity contribution in [2.24, 2.45) is 0 Å². The molecular weight excluding hydrogens is 360 g/mol. The van der Waals surface area contributed by atoms with Crippen LogP contribution < -0.4 is 4.74 Å². The molecule has 3 heteroatoms. The lowest BCUT2D eigenvalue weighted by Gasteiger charge is -2.07. The highest BCUT2D eigenvalue weighted by Gasteiger charge is 2.02. The van der Waals surface area contributed by atoms with E-state index in [0.29, 0.717) is 12.2 Å². The lowest BCUT2D eigenvalue weighted by molar-refractivity contribution is -0.139. The highest BCUT2D eigenvalue weighted by molar-refractivity contribution is 5.86. The predicted octanol–water partition coefficient (Wildman–Crippen LogP) is 6.48. The maximum Gasteiger partial charge on any atom is 0.333 e. The van der Waals surface area contributed by atoms with Gasteiger partial charge in [0, 0.05) is 5.57 Å². The molecule has 0 heterocycles. The molecule has 0 aliphatic rings. The van der Waals surface area contributed by atoms with Crippen molar-refractivity contribution in [2.45, 2.75) is 46.0 Å². The van der Waals surface area contributed by atoms with Gasteiger partial charge in [-0.15, -0.1) is 0 Å². The summed E-state index contributed by atoms with van der Waals surface area (Å²) >= 11 is 0. The van der Waals surface area contributed by atoms with Gasteiger partial charge in [-0.3, -0.25) is 0 Å². The molecule has 0 saturated carbocycles. The number of hydrogen-bond acceptors (Lipinski definition) is 3. The summed E-state index contributed by atoms with van der Waals surface area (Å²) in [5.74, 6) is 0.582. The van der Waals surface area contributed by atoms with Crippen molar-refractivity contribution < 1.29 is 14.3 Å². The highest BCUT2D eigenvalue weighted by atomic mass is 16.5. The Morgan fingerprint density at radius 3 is 2.21 bits per heavy atom. The molecule has 3 nitrogen and oxygen atoms in total. The Hall–Kier alpha value is -2.81. The maximum atomic E-state index is 11.3. The summed E-state index contributed by atoms with van der Waals surface area (Å²) < 4.78 is 10.3. The van der Waals surface area contributed by atoms with Gasteiger partial charge in [0.2, 0.25) is 0 Å². The summed E-state index contributed by atoms with van der Waals surface area (Å²) in [5.41, 5.74) is 5.47. The summed E-state index contributed by atoms with van der Waals surface area (Å²) in [6.07, 6.45) is 7.54. The van der Waals surface area contributed by atoms with Crippen LogP contribution in [0, 0.1) is 0 Å². The lowest BCUT2D eigenvalue weighted by Crippen LogP contribution is -2.06. The normalized spacial score (nSPS) is 11.2. The first-order chi connectivity index (χ1) is 14.0. The second kappa shape index (κ2) is 11.9. The van der Waals surface area contributed by atoms with Crippen molar-refractivity contribution in [2.75, 3.05) is 13.7 Å². The van der Waals surface area contributed by atoms with E-state index in [0.717, 1.165) is 37.9 Å². The Labute approximate surface area is 175 Å². The zero-order chi connectivity index (χ0) is 21.1. The molecule has 0 aliphatic heterocycles. The SMILES string of the molecule is C=C(C)C(=O)OCCCCCCc1ccc(/C(C)=C/c2ccc(OC)cc2)cc1. The summed E-state index contributed by atoms with van der Waals surface area (Å²) in [5, 5.41) is 0. The minimum atomic E-state index is -0.290. The number of hydrogen-bond donors (Lipinski definition) is 0. The lowest BCUT2D eigenvalue weighted by atomic mass is 10.0. The number of esters is 1. The van der Waals surface area contributed by atoms with E-state index >= 15 is 0 Å². The number of benzene rings is 2. The molecular formula is C26H32O3. The third-order valence-corrected chi connectivity index (χ3v) is 4.85. The first-order valence-electron chi connectivity index (χ1n) is 10.2. The van der Waals surface area contributed by atoms with Gasteiger partial charge < -0.3 is 9.47 Å². The third kappa shape index (κ3) is 7.98. The van der Waals surface area contributed by atoms with Crippen LogP contribution in [0.4, 0.5) is 0 Å². The fourth-order valence-electron chi connectivity index (χ4n) is 3.04. The Morgan fingerprint density at radius 1 is 0.931 bits per heavy atom. The molecule has 29 heavy (non-hydrogen) atoms. The average molecular weight is 393 g/mol. The first-order valence-corrected chi connectivity index (χ1v) is 10.2. The molecule has 0 radical (unpaired) electrons. The number of carbonyl (C=O) groups excluding carboxylic acids is 1. The first kappa shape index (κ1) is 22.5. The molecule has 0 aromatic heterocycles. The molecule has 0 N–H and O–H groups in total. The number of allylic oxidation sites excluding steroid dienone is 1. The summed E-state index contributed by atoms with van der Waals surface area (Å²) in [7, 11) is 1.68. The minimum absolute atomic E-state index is 0.290. The van der Waals surface area contributed by atoms with Gasteiger partial charge in [-0.25, -0.2) is 4.79 Å². The zero-order valence-corrected chi connectivity index (χ0v) is 17.9. The largest absolute Gasteiger partial charge is 0.497 e. The van der Waals surface area contributed by atoms with E-state index in [1.54, 1.807) is 14.0 Å². The molecule has 2 aromatic carbocycles. The fraction of sp³-hybridized carbons (Fsp3) is 0.346. The Balaban J connectivity index is 1.73. The van der Waals surface area contributed by atoms with Crippen molar-refractivity contribution >= 4 is 17.6 Å². The van der Waals surface area contributed by atoms with Crippen molar-refractivity contribution in [1.29, 1.82) is 0 Å². The Morgan fingerprint density at radius 2 is 1.59 bits per heavy atom. The van der Waals surface area contributed by atoms with Gasteiger partial charge in [-0.05, 0) is 67.5 Å². The summed E-state index contributed by atoms with van der Waals surface area (Å²) in [6, 6.07) is 16.9. The van der Waals surface area contributed by atoms with E-state index in [1.807, 2.05) is 12.1 Å². The number of rotatable bonds is 11. The summed E-state index contributed by atoms with van der Waals surface area (Å²) in [4.78, 5) is 11.3. The molecule has 0 atom stereocenters. The molecule has 0 bridgehead atoms. The summed E-state index contributed by atoms with van der Waals surface area (Å²) in [6.45, 7) is 7.87. The fourth-order valence-corrected chi connectivity index (χ4v) is 3.04. The van der Waals surface area contributed by atoms with E-state index in [1.165, 1.54) is 22.3 Å². The van der Waals surface area contributed by atoms with Crippen LogP contribution in [0.25, 0.3) is 11.6 Å². The van der Waals surface area contributed by atoms with Gasteiger partial charge in [0.05, 0.1) is 13.7 Å². The molecule has 0 spiro atoms. The Bertz CT molecular complexity index is 814. The Kier molecular flexibility index (Phi) is 9.23. The van der Waals surface area contributed by atoms with Gasteiger partial charge in [0.1, 0.15) is 5.75 Å². The third-order valence-electron chi connectivity index (χ3n) is 4.85. The number of unbranched alkanes of at least 4 members (excludes halogenated alkanes) is 3. The van der Waals surface area contributed by atoms with Crippen molar-refractivity contribution in [3.8, 4) is 5.75 Å². The molecule has 154 valence electrons. The quantitative estimate of drug-likeness (QED) is 0.190. The van der Waals surface area contributed by atoms with E-state index in [2.05, 4.69) is 56.0 Å². The van der Waals surface area contributed by atoms with Crippen LogP contribution >= 0.6 is 0 Å². The molecule has 2 rings (SSSR count). The van der Waals surface area contributed by atoms with Gasteiger partial charge in [-0.2, -0.15) is 0 Å². The standard InChI is InChI=1S/C26H32O3/c1-20(2)26(27)29-18-8-6-5-7-9-22-10-14-24(15-11-22)21(3)19-23-12-16-25(28-4)17-13-23/h10-17,19H,1,5-9,18H2,2-4H3/b21-19+. The minimum Gasteiger partial charge on any atom is -0.497 e. The smallest absolute Gasteiger partial charge is 0.333 e. The van der Waals surface area contributed by atoms with Gasteiger partial charge in [-0.1, -0.05) is 61.9 Å². The van der Waals surface area contributed by atoms with Gasteiger partial charge >= 0.3 is 5.97 Å². The van der Waals surface area contributed by atoms with Gasteiger partial charge in [0.25, 0.3) is 0 Å². The van der Waals surface area contributed by atoms with Crippen LogP contribution in [0.2, 0.25) is 0 Å². The second-order valence-corrected chi connectivity index (χ2v) is 7.38. The van der Waals surface area contributed by atoms with Gasteiger partial charge in [0.15, 0.2) is 0 Å². The van der Waals surface area contributed by atoms with Crippen LogP contribution in [0.15, 0.2) is 60.7 Å². The molecule has 2 aromatic rings. The topological polar surface area (TPSA) is 35.5 Å². The van der Waals surface area contributed by atoms with Crippen LogP contribution in [0.1, 0.15) is 56.2 Å². The van der Waals surface area contributed by atoms with Crippen LogP contribution in [-0.2, 0) is 16.0 Å². The number of ether oxygens (including phenoxy) is 2. The zero-order valence-electron chi connectivity index (χ0n) is 17.9. The molecule has 0 fully saturated rings. The maximum absolute atomic E-state index is 11.3.